The lowest BCUT2D eigenvalue weighted by atomic mass is 10.1. The molecule has 0 radical (unpaired) electrons. The van der Waals surface area contributed by atoms with Gasteiger partial charge in [0.2, 0.25) is 5.82 Å². The van der Waals surface area contributed by atoms with Crippen LogP contribution in [0, 0.1) is 11.6 Å². The Bertz CT molecular complexity index is 922. The number of phenolic OH excluding ortho intramolecular Hbond substituents is 2. The van der Waals surface area contributed by atoms with Gasteiger partial charge >= 0.3 is 0 Å². The molecular formula is C14H8F2N2O3. The lowest BCUT2D eigenvalue weighted by Crippen LogP contribution is -2.09. The Hall–Kier alpha value is -2.96. The summed E-state index contributed by atoms with van der Waals surface area (Å²) in [6.45, 7) is 0. The number of nitrogens with one attached hydrogen (secondary N) is 1. The van der Waals surface area contributed by atoms with Crippen molar-refractivity contribution in [3.63, 3.8) is 0 Å². The van der Waals surface area contributed by atoms with Gasteiger partial charge in [-0.15, -0.1) is 0 Å². The Labute approximate surface area is 116 Å². The highest BCUT2D eigenvalue weighted by molar-refractivity contribution is 5.80. The lowest BCUT2D eigenvalue weighted by molar-refractivity contribution is 0.367. The first-order chi connectivity index (χ1) is 9.99. The second-order valence-corrected chi connectivity index (χ2v) is 4.35. The standard InChI is InChI=1S/C14H8F2N2O3/c15-8-5-7(11(19)10(16)12(8)20)13-17-9-4-2-1-3-6(9)14(21)18-13/h1-5,19-20H,(H,17,18,21). The van der Waals surface area contributed by atoms with E-state index in [1.54, 1.807) is 24.3 Å². The molecule has 0 bridgehead atoms. The fraction of sp³-hybridized carbons (Fsp3) is 0. The van der Waals surface area contributed by atoms with Crippen molar-refractivity contribution in [3.05, 3.63) is 52.3 Å². The summed E-state index contributed by atoms with van der Waals surface area (Å²) in [6, 6.07) is 7.09. The number of phenols is 2. The van der Waals surface area contributed by atoms with E-state index < -0.39 is 28.7 Å². The predicted molar refractivity (Wildman–Crippen MR) is 71.0 cm³/mol. The van der Waals surface area contributed by atoms with Gasteiger partial charge in [0.15, 0.2) is 17.3 Å². The number of halogens is 2. The molecule has 0 saturated heterocycles. The van der Waals surface area contributed by atoms with Crippen molar-refractivity contribution in [2.24, 2.45) is 0 Å². The molecule has 7 heteroatoms. The van der Waals surface area contributed by atoms with E-state index in [0.717, 1.165) is 0 Å². The summed E-state index contributed by atoms with van der Waals surface area (Å²) in [5, 5.41) is 19.0. The van der Waals surface area contributed by atoms with Crippen molar-refractivity contribution in [3.8, 4) is 22.9 Å². The van der Waals surface area contributed by atoms with Crippen LogP contribution in [0.4, 0.5) is 8.78 Å². The molecule has 3 rings (SSSR count). The molecule has 0 unspecified atom stereocenters. The van der Waals surface area contributed by atoms with Crippen molar-refractivity contribution in [1.29, 1.82) is 0 Å². The normalized spacial score (nSPS) is 11.0. The van der Waals surface area contributed by atoms with Crippen LogP contribution in [0.3, 0.4) is 0 Å². The summed E-state index contributed by atoms with van der Waals surface area (Å²) >= 11 is 0. The number of aromatic nitrogens is 2. The Morgan fingerprint density at radius 2 is 1.81 bits per heavy atom. The third-order valence-corrected chi connectivity index (χ3v) is 3.04. The molecule has 0 spiro atoms. The Balaban J connectivity index is 2.34. The van der Waals surface area contributed by atoms with Crippen LogP contribution in [0.5, 0.6) is 11.5 Å². The smallest absolute Gasteiger partial charge is 0.259 e. The first-order valence-corrected chi connectivity index (χ1v) is 5.88. The number of benzene rings is 2. The van der Waals surface area contributed by atoms with Crippen LogP contribution in [0.2, 0.25) is 0 Å². The molecule has 3 N–H and O–H groups in total. The molecular weight excluding hydrogens is 282 g/mol. The van der Waals surface area contributed by atoms with Crippen molar-refractivity contribution in [1.82, 2.24) is 9.97 Å². The summed E-state index contributed by atoms with van der Waals surface area (Å²) in [7, 11) is 0. The molecule has 0 amide bonds. The van der Waals surface area contributed by atoms with E-state index in [2.05, 4.69) is 9.97 Å². The van der Waals surface area contributed by atoms with Crippen LogP contribution in [-0.4, -0.2) is 20.2 Å². The summed E-state index contributed by atoms with van der Waals surface area (Å²) in [6.07, 6.45) is 0. The fourth-order valence-electron chi connectivity index (χ4n) is 1.99. The molecule has 0 aliphatic carbocycles. The summed E-state index contributed by atoms with van der Waals surface area (Å²) in [5.41, 5.74) is -0.556. The highest BCUT2D eigenvalue weighted by atomic mass is 19.1. The molecule has 0 aliphatic rings. The zero-order chi connectivity index (χ0) is 15.1. The summed E-state index contributed by atoms with van der Waals surface area (Å²) in [5.74, 6) is -5.27. The van der Waals surface area contributed by atoms with E-state index in [-0.39, 0.29) is 11.4 Å². The van der Waals surface area contributed by atoms with Crippen molar-refractivity contribution < 1.29 is 19.0 Å². The maximum Gasteiger partial charge on any atom is 0.259 e. The number of hydrogen-bond donors (Lipinski definition) is 3. The monoisotopic (exact) mass is 290 g/mol. The minimum absolute atomic E-state index is 0.200. The second-order valence-electron chi connectivity index (χ2n) is 4.35. The SMILES string of the molecule is O=c1[nH]c(-c2cc(F)c(O)c(F)c2O)nc2ccccc12. The van der Waals surface area contributed by atoms with E-state index >= 15 is 0 Å². The van der Waals surface area contributed by atoms with Gasteiger partial charge in [-0.05, 0) is 18.2 Å². The minimum Gasteiger partial charge on any atom is -0.504 e. The molecule has 2 aromatic carbocycles. The van der Waals surface area contributed by atoms with Gasteiger partial charge in [-0.3, -0.25) is 4.79 Å². The number of H-pyrrole nitrogens is 1. The zero-order valence-electron chi connectivity index (χ0n) is 10.4. The number of rotatable bonds is 1. The Morgan fingerprint density at radius 1 is 1.10 bits per heavy atom. The zero-order valence-corrected chi connectivity index (χ0v) is 10.4. The van der Waals surface area contributed by atoms with Crippen LogP contribution in [-0.2, 0) is 0 Å². The second kappa shape index (κ2) is 4.55. The van der Waals surface area contributed by atoms with E-state index in [1.165, 1.54) is 0 Å². The maximum atomic E-state index is 13.5. The molecule has 3 aromatic rings. The van der Waals surface area contributed by atoms with Gasteiger partial charge in [0.05, 0.1) is 16.5 Å². The van der Waals surface area contributed by atoms with E-state index in [1.807, 2.05) is 0 Å². The number of para-hydroxylation sites is 1. The van der Waals surface area contributed by atoms with Gasteiger partial charge in [-0.1, -0.05) is 12.1 Å². The molecule has 0 saturated carbocycles. The molecule has 106 valence electrons. The molecule has 1 heterocycles. The van der Waals surface area contributed by atoms with Crippen LogP contribution in [0.15, 0.2) is 35.1 Å². The number of aromatic hydroxyl groups is 2. The third-order valence-electron chi connectivity index (χ3n) is 3.04. The van der Waals surface area contributed by atoms with Crippen molar-refractivity contribution in [2.75, 3.05) is 0 Å². The van der Waals surface area contributed by atoms with E-state index in [0.29, 0.717) is 17.0 Å². The number of hydrogen-bond acceptors (Lipinski definition) is 4. The van der Waals surface area contributed by atoms with E-state index in [9.17, 15) is 18.7 Å². The van der Waals surface area contributed by atoms with Gasteiger partial charge in [0.25, 0.3) is 5.56 Å². The van der Waals surface area contributed by atoms with Crippen LogP contribution in [0.1, 0.15) is 0 Å². The van der Waals surface area contributed by atoms with Crippen molar-refractivity contribution in [2.45, 2.75) is 0 Å². The molecule has 5 nitrogen and oxygen atoms in total. The molecule has 21 heavy (non-hydrogen) atoms. The van der Waals surface area contributed by atoms with E-state index in [4.69, 9.17) is 5.11 Å². The molecule has 1 aromatic heterocycles. The van der Waals surface area contributed by atoms with Crippen LogP contribution in [0.25, 0.3) is 22.3 Å². The molecule has 0 aliphatic heterocycles. The fourth-order valence-corrected chi connectivity index (χ4v) is 1.99. The largest absolute Gasteiger partial charge is 0.504 e. The maximum absolute atomic E-state index is 13.5. The molecule has 0 atom stereocenters. The van der Waals surface area contributed by atoms with Crippen LogP contribution >= 0.6 is 0 Å². The Morgan fingerprint density at radius 3 is 2.57 bits per heavy atom. The third kappa shape index (κ3) is 1.99. The van der Waals surface area contributed by atoms with Gasteiger partial charge in [-0.2, -0.15) is 4.39 Å². The van der Waals surface area contributed by atoms with Crippen LogP contribution < -0.4 is 5.56 Å². The average Bonchev–Trinajstić information content (AvgIpc) is 2.49. The highest BCUT2D eigenvalue weighted by Gasteiger charge is 2.20. The van der Waals surface area contributed by atoms with Gasteiger partial charge < -0.3 is 15.2 Å². The average molecular weight is 290 g/mol. The van der Waals surface area contributed by atoms with Crippen molar-refractivity contribution >= 4 is 10.9 Å². The highest BCUT2D eigenvalue weighted by Crippen LogP contribution is 2.36. The molecule has 0 fully saturated rings. The van der Waals surface area contributed by atoms with Gasteiger partial charge in [0, 0.05) is 0 Å². The first kappa shape index (κ1) is 13.0. The predicted octanol–water partition coefficient (Wildman–Crippen LogP) is 2.28. The Kier molecular flexibility index (Phi) is 2.83. The lowest BCUT2D eigenvalue weighted by Gasteiger charge is -2.08. The summed E-state index contributed by atoms with van der Waals surface area (Å²) < 4.78 is 26.9. The summed E-state index contributed by atoms with van der Waals surface area (Å²) in [4.78, 5) is 18.3. The first-order valence-electron chi connectivity index (χ1n) is 5.88. The quantitative estimate of drug-likeness (QED) is 0.641. The number of aromatic amines is 1. The van der Waals surface area contributed by atoms with Gasteiger partial charge in [-0.25, -0.2) is 9.37 Å². The minimum atomic E-state index is -1.51. The van der Waals surface area contributed by atoms with Gasteiger partial charge in [0.1, 0.15) is 5.82 Å². The topological polar surface area (TPSA) is 86.2 Å². The number of fused-ring (bicyclic) bond motifs is 1. The number of nitrogens with zero attached hydrogens (tertiary/aromatic N) is 1.